The number of nitrogens with one attached hydrogen (secondary N) is 1. The standard InChI is InChI=1S/C25H29N3O4S/c1-4-15-27-22(17-23(29)26-18-7-11-21(12-8-18)32-16-5-2)24(30)28(25(27)33)19-9-13-20(14-10-19)31-6-3/h4,7-14,22H,1,5-6,15-17H2,2-3H3,(H,26,29)/t22-/m1/s1. The van der Waals surface area contributed by atoms with Crippen molar-refractivity contribution < 1.29 is 19.1 Å². The van der Waals surface area contributed by atoms with Crippen molar-refractivity contribution in [2.75, 3.05) is 30.0 Å². The molecular weight excluding hydrogens is 438 g/mol. The van der Waals surface area contributed by atoms with E-state index in [4.69, 9.17) is 21.7 Å². The summed E-state index contributed by atoms with van der Waals surface area (Å²) in [6.45, 7) is 9.26. The molecular formula is C25H29N3O4S. The minimum atomic E-state index is -0.714. The van der Waals surface area contributed by atoms with Crippen molar-refractivity contribution in [3.8, 4) is 11.5 Å². The van der Waals surface area contributed by atoms with Gasteiger partial charge < -0.3 is 19.7 Å². The van der Waals surface area contributed by atoms with Crippen molar-refractivity contribution in [2.24, 2.45) is 0 Å². The number of benzene rings is 2. The molecule has 1 heterocycles. The predicted molar refractivity (Wildman–Crippen MR) is 134 cm³/mol. The summed E-state index contributed by atoms with van der Waals surface area (Å²) < 4.78 is 11.0. The highest BCUT2D eigenvalue weighted by atomic mass is 32.1. The number of carbonyl (C=O) groups excluding carboxylic acids is 2. The second kappa shape index (κ2) is 11.5. The molecule has 7 nitrogen and oxygen atoms in total. The maximum atomic E-state index is 13.3. The third kappa shape index (κ3) is 5.90. The van der Waals surface area contributed by atoms with Gasteiger partial charge >= 0.3 is 0 Å². The van der Waals surface area contributed by atoms with Gasteiger partial charge in [-0.15, -0.1) is 6.58 Å². The van der Waals surface area contributed by atoms with E-state index in [-0.39, 0.29) is 18.2 Å². The number of rotatable bonds is 11. The Morgan fingerprint density at radius 3 is 2.33 bits per heavy atom. The van der Waals surface area contributed by atoms with Crippen LogP contribution in [0.15, 0.2) is 61.2 Å². The highest BCUT2D eigenvalue weighted by Crippen LogP contribution is 2.29. The quantitative estimate of drug-likeness (QED) is 0.390. The number of hydrogen-bond donors (Lipinski definition) is 1. The van der Waals surface area contributed by atoms with Crippen LogP contribution in [0, 0.1) is 0 Å². The lowest BCUT2D eigenvalue weighted by Crippen LogP contribution is -2.37. The SMILES string of the molecule is C=CCN1C(=S)N(c2ccc(OCC)cc2)C(=O)[C@H]1CC(=O)Nc1ccc(OCCC)cc1. The summed E-state index contributed by atoms with van der Waals surface area (Å²) in [5.41, 5.74) is 1.27. The Labute approximate surface area is 200 Å². The second-order valence-corrected chi connectivity index (χ2v) is 7.83. The third-order valence-electron chi connectivity index (χ3n) is 5.04. The van der Waals surface area contributed by atoms with Gasteiger partial charge in [0.05, 0.1) is 25.3 Å². The lowest BCUT2D eigenvalue weighted by Gasteiger charge is -2.22. The molecule has 8 heteroatoms. The van der Waals surface area contributed by atoms with Gasteiger partial charge in [0.2, 0.25) is 5.91 Å². The van der Waals surface area contributed by atoms with Crippen LogP contribution in [0.2, 0.25) is 0 Å². The van der Waals surface area contributed by atoms with Gasteiger partial charge in [-0.3, -0.25) is 14.5 Å². The number of hydrogen-bond acceptors (Lipinski definition) is 5. The van der Waals surface area contributed by atoms with E-state index in [0.29, 0.717) is 42.0 Å². The van der Waals surface area contributed by atoms with E-state index in [9.17, 15) is 9.59 Å². The van der Waals surface area contributed by atoms with E-state index in [1.807, 2.05) is 13.8 Å². The highest BCUT2D eigenvalue weighted by molar-refractivity contribution is 7.80. The van der Waals surface area contributed by atoms with Crippen molar-refractivity contribution in [1.82, 2.24) is 4.90 Å². The third-order valence-corrected chi connectivity index (χ3v) is 5.46. The molecule has 1 aliphatic heterocycles. The van der Waals surface area contributed by atoms with Crippen LogP contribution in [0.25, 0.3) is 0 Å². The van der Waals surface area contributed by atoms with Gasteiger partial charge in [-0.1, -0.05) is 13.0 Å². The summed E-state index contributed by atoms with van der Waals surface area (Å²) >= 11 is 5.59. The Kier molecular flexibility index (Phi) is 8.43. The van der Waals surface area contributed by atoms with Gasteiger partial charge in [0.25, 0.3) is 5.91 Å². The van der Waals surface area contributed by atoms with Crippen LogP contribution >= 0.6 is 12.2 Å². The normalized spacial score (nSPS) is 15.5. The number of anilines is 2. The number of carbonyl (C=O) groups is 2. The monoisotopic (exact) mass is 467 g/mol. The summed E-state index contributed by atoms with van der Waals surface area (Å²) in [7, 11) is 0. The van der Waals surface area contributed by atoms with Gasteiger partial charge in [-0.25, -0.2) is 0 Å². The first-order valence-corrected chi connectivity index (χ1v) is 11.4. The molecule has 0 aliphatic carbocycles. The fourth-order valence-corrected chi connectivity index (χ4v) is 3.92. The fourth-order valence-electron chi connectivity index (χ4n) is 3.52. The molecule has 2 aromatic rings. The predicted octanol–water partition coefficient (Wildman–Crippen LogP) is 4.39. The molecule has 33 heavy (non-hydrogen) atoms. The van der Waals surface area contributed by atoms with E-state index >= 15 is 0 Å². The van der Waals surface area contributed by atoms with E-state index in [0.717, 1.165) is 12.2 Å². The maximum Gasteiger partial charge on any atom is 0.256 e. The van der Waals surface area contributed by atoms with Crippen LogP contribution < -0.4 is 19.7 Å². The van der Waals surface area contributed by atoms with Crippen molar-refractivity contribution in [3.63, 3.8) is 0 Å². The van der Waals surface area contributed by atoms with E-state index in [1.165, 1.54) is 4.90 Å². The Morgan fingerprint density at radius 2 is 1.73 bits per heavy atom. The molecule has 1 atom stereocenters. The first kappa shape index (κ1) is 24.3. The fraction of sp³-hybridized carbons (Fsp3) is 0.320. The van der Waals surface area contributed by atoms with Gasteiger partial charge in [0, 0.05) is 12.2 Å². The summed E-state index contributed by atoms with van der Waals surface area (Å²) in [6.07, 6.45) is 2.56. The van der Waals surface area contributed by atoms with Crippen LogP contribution in [-0.2, 0) is 9.59 Å². The Balaban J connectivity index is 1.71. The molecule has 2 aromatic carbocycles. The Hall–Kier alpha value is -3.39. The lowest BCUT2D eigenvalue weighted by atomic mass is 10.1. The molecule has 0 bridgehead atoms. The molecule has 0 aromatic heterocycles. The molecule has 0 spiro atoms. The molecule has 1 N–H and O–H groups in total. The molecule has 0 saturated carbocycles. The number of nitrogens with zero attached hydrogens (tertiary/aromatic N) is 2. The zero-order chi connectivity index (χ0) is 23.8. The topological polar surface area (TPSA) is 71.1 Å². The van der Waals surface area contributed by atoms with Crippen LogP contribution in [0.1, 0.15) is 26.7 Å². The van der Waals surface area contributed by atoms with Crippen molar-refractivity contribution in [3.05, 3.63) is 61.2 Å². The van der Waals surface area contributed by atoms with Gasteiger partial charge in [0.1, 0.15) is 17.5 Å². The number of thiocarbonyl (C=S) groups is 1. The van der Waals surface area contributed by atoms with E-state index in [1.54, 1.807) is 59.5 Å². The molecule has 2 amide bonds. The molecule has 3 rings (SSSR count). The number of amides is 2. The molecule has 1 aliphatic rings. The van der Waals surface area contributed by atoms with Crippen molar-refractivity contribution in [1.29, 1.82) is 0 Å². The minimum absolute atomic E-state index is 0.0333. The Bertz CT molecular complexity index is 992. The molecule has 1 fully saturated rings. The van der Waals surface area contributed by atoms with Crippen molar-refractivity contribution >= 4 is 40.5 Å². The summed E-state index contributed by atoms with van der Waals surface area (Å²) in [4.78, 5) is 29.2. The zero-order valence-electron chi connectivity index (χ0n) is 19.0. The number of ether oxygens (including phenoxy) is 2. The van der Waals surface area contributed by atoms with Crippen LogP contribution in [-0.4, -0.2) is 47.6 Å². The lowest BCUT2D eigenvalue weighted by molar-refractivity contribution is -0.124. The van der Waals surface area contributed by atoms with E-state index in [2.05, 4.69) is 11.9 Å². The van der Waals surface area contributed by atoms with Gasteiger partial charge in [-0.2, -0.15) is 0 Å². The summed E-state index contributed by atoms with van der Waals surface area (Å²) in [5.74, 6) is 0.934. The van der Waals surface area contributed by atoms with Crippen LogP contribution in [0.4, 0.5) is 11.4 Å². The molecule has 174 valence electrons. The molecule has 0 unspecified atom stereocenters. The second-order valence-electron chi connectivity index (χ2n) is 7.47. The maximum absolute atomic E-state index is 13.3. The molecule has 0 radical (unpaired) electrons. The smallest absolute Gasteiger partial charge is 0.256 e. The van der Waals surface area contributed by atoms with Gasteiger partial charge in [-0.05, 0) is 74.1 Å². The summed E-state index contributed by atoms with van der Waals surface area (Å²) in [5, 5.41) is 3.20. The van der Waals surface area contributed by atoms with Crippen LogP contribution in [0.5, 0.6) is 11.5 Å². The first-order chi connectivity index (χ1) is 16.0. The van der Waals surface area contributed by atoms with Gasteiger partial charge in [0.15, 0.2) is 5.11 Å². The van der Waals surface area contributed by atoms with E-state index < -0.39 is 6.04 Å². The average molecular weight is 468 g/mol. The minimum Gasteiger partial charge on any atom is -0.494 e. The Morgan fingerprint density at radius 1 is 1.09 bits per heavy atom. The van der Waals surface area contributed by atoms with Crippen LogP contribution in [0.3, 0.4) is 0 Å². The zero-order valence-corrected chi connectivity index (χ0v) is 19.8. The summed E-state index contributed by atoms with van der Waals surface area (Å²) in [6, 6.07) is 13.6. The molecule has 1 saturated heterocycles. The highest BCUT2D eigenvalue weighted by Gasteiger charge is 2.43. The van der Waals surface area contributed by atoms with Crippen molar-refractivity contribution in [2.45, 2.75) is 32.7 Å². The largest absolute Gasteiger partial charge is 0.494 e. The average Bonchev–Trinajstić information content (AvgIpc) is 3.03. The first-order valence-electron chi connectivity index (χ1n) is 11.0.